The lowest BCUT2D eigenvalue weighted by atomic mass is 10.2. The number of morpholine rings is 1. The van der Waals surface area contributed by atoms with Gasteiger partial charge < -0.3 is 14.2 Å². The molecule has 1 amide bonds. The van der Waals surface area contributed by atoms with Gasteiger partial charge in [0.05, 0.1) is 13.2 Å². The molecule has 2 aromatic rings. The van der Waals surface area contributed by atoms with E-state index in [4.69, 9.17) is 20.9 Å². The van der Waals surface area contributed by atoms with Crippen LogP contribution in [-0.2, 0) is 9.53 Å². The van der Waals surface area contributed by atoms with Gasteiger partial charge in [0.2, 0.25) is 18.1 Å². The van der Waals surface area contributed by atoms with E-state index in [1.807, 2.05) is 24.3 Å². The number of benzene rings is 1. The molecule has 1 saturated heterocycles. The molecular formula is C15H16ClN3O3S. The Balaban J connectivity index is 1.47. The number of carbonyl (C=O) groups is 1. The van der Waals surface area contributed by atoms with E-state index in [0.29, 0.717) is 37.0 Å². The van der Waals surface area contributed by atoms with Crippen molar-refractivity contribution in [3.63, 3.8) is 0 Å². The molecule has 0 unspecified atom stereocenters. The Morgan fingerprint density at radius 3 is 2.96 bits per heavy atom. The lowest BCUT2D eigenvalue weighted by Gasteiger charge is -2.31. The van der Waals surface area contributed by atoms with Crippen LogP contribution >= 0.6 is 23.4 Å². The maximum absolute atomic E-state index is 12.3. The van der Waals surface area contributed by atoms with E-state index in [9.17, 15) is 4.79 Å². The summed E-state index contributed by atoms with van der Waals surface area (Å²) in [5, 5.41) is 4.49. The van der Waals surface area contributed by atoms with Crippen molar-refractivity contribution in [2.24, 2.45) is 0 Å². The molecular weight excluding hydrogens is 338 g/mol. The molecule has 0 aliphatic carbocycles. The molecule has 0 saturated carbocycles. The highest BCUT2D eigenvalue weighted by Gasteiger charge is 2.27. The SMILES string of the molecule is O=C(CCSc1ccc(Cl)cc1)N1CCO[C@H](c2ncon2)C1. The van der Waals surface area contributed by atoms with E-state index in [2.05, 4.69) is 10.1 Å². The van der Waals surface area contributed by atoms with Crippen molar-refractivity contribution < 1.29 is 14.1 Å². The van der Waals surface area contributed by atoms with Crippen molar-refractivity contribution in [2.45, 2.75) is 17.4 Å². The minimum absolute atomic E-state index is 0.114. The zero-order valence-electron chi connectivity index (χ0n) is 12.4. The monoisotopic (exact) mass is 353 g/mol. The summed E-state index contributed by atoms with van der Waals surface area (Å²) in [5.41, 5.74) is 0. The molecule has 0 N–H and O–H groups in total. The smallest absolute Gasteiger partial charge is 0.223 e. The molecule has 122 valence electrons. The van der Waals surface area contributed by atoms with Crippen LogP contribution in [0.2, 0.25) is 5.02 Å². The second-order valence-electron chi connectivity index (χ2n) is 5.04. The molecule has 2 heterocycles. The number of carbonyl (C=O) groups excluding carboxylic acids is 1. The largest absolute Gasteiger partial charge is 0.366 e. The van der Waals surface area contributed by atoms with Gasteiger partial charge in [-0.05, 0) is 24.3 Å². The summed E-state index contributed by atoms with van der Waals surface area (Å²) in [6.07, 6.45) is 1.43. The molecule has 0 bridgehead atoms. The minimum Gasteiger partial charge on any atom is -0.366 e. The second-order valence-corrected chi connectivity index (χ2v) is 6.65. The molecule has 1 fully saturated rings. The molecule has 23 heavy (non-hydrogen) atoms. The van der Waals surface area contributed by atoms with Crippen LogP contribution < -0.4 is 0 Å². The van der Waals surface area contributed by atoms with E-state index >= 15 is 0 Å². The summed E-state index contributed by atoms with van der Waals surface area (Å²) in [4.78, 5) is 19.2. The van der Waals surface area contributed by atoms with Gasteiger partial charge in [0.1, 0.15) is 6.10 Å². The Labute approximate surface area is 143 Å². The molecule has 1 aromatic carbocycles. The van der Waals surface area contributed by atoms with E-state index in [-0.39, 0.29) is 12.0 Å². The normalized spacial score (nSPS) is 18.1. The highest BCUT2D eigenvalue weighted by atomic mass is 35.5. The third-order valence-corrected chi connectivity index (χ3v) is 4.75. The van der Waals surface area contributed by atoms with Gasteiger partial charge in [-0.1, -0.05) is 16.8 Å². The van der Waals surface area contributed by atoms with Gasteiger partial charge in [-0.15, -0.1) is 11.8 Å². The Bertz CT molecular complexity index is 636. The number of hydrogen-bond donors (Lipinski definition) is 0. The number of ether oxygens (including phenoxy) is 1. The van der Waals surface area contributed by atoms with E-state index in [1.165, 1.54) is 6.39 Å². The number of rotatable bonds is 5. The van der Waals surface area contributed by atoms with Gasteiger partial charge in [0.25, 0.3) is 0 Å². The van der Waals surface area contributed by atoms with Crippen LogP contribution in [0.25, 0.3) is 0 Å². The summed E-state index contributed by atoms with van der Waals surface area (Å²) in [6.45, 7) is 1.54. The van der Waals surface area contributed by atoms with Crippen LogP contribution in [0.3, 0.4) is 0 Å². The molecule has 1 aliphatic heterocycles. The van der Waals surface area contributed by atoms with Crippen molar-refractivity contribution in [3.8, 4) is 0 Å². The van der Waals surface area contributed by atoms with Crippen LogP contribution in [0.5, 0.6) is 0 Å². The highest BCUT2D eigenvalue weighted by Crippen LogP contribution is 2.23. The summed E-state index contributed by atoms with van der Waals surface area (Å²) in [7, 11) is 0. The molecule has 3 rings (SSSR count). The predicted octanol–water partition coefficient (Wildman–Crippen LogP) is 2.81. The number of nitrogens with zero attached hydrogens (tertiary/aromatic N) is 3. The average molecular weight is 354 g/mol. The van der Waals surface area contributed by atoms with E-state index in [0.717, 1.165) is 10.6 Å². The standard InChI is InChI=1S/C15H16ClN3O3S/c16-11-1-3-12(4-2-11)23-8-5-14(20)19-6-7-21-13(9-19)15-17-10-22-18-15/h1-4,10,13H,5-9H2/t13-/m0/s1. The van der Waals surface area contributed by atoms with Crippen LogP contribution in [0, 0.1) is 0 Å². The number of amides is 1. The van der Waals surface area contributed by atoms with Gasteiger partial charge in [0, 0.05) is 28.6 Å². The Kier molecular flexibility index (Phi) is 5.53. The Hall–Kier alpha value is -1.57. The second kappa shape index (κ2) is 7.81. The van der Waals surface area contributed by atoms with Crippen LogP contribution in [-0.4, -0.2) is 46.4 Å². The zero-order chi connectivity index (χ0) is 16.1. The van der Waals surface area contributed by atoms with Crippen LogP contribution in [0.4, 0.5) is 0 Å². The van der Waals surface area contributed by atoms with Crippen molar-refractivity contribution in [2.75, 3.05) is 25.4 Å². The fourth-order valence-electron chi connectivity index (χ4n) is 2.30. The van der Waals surface area contributed by atoms with Crippen molar-refractivity contribution in [1.82, 2.24) is 15.0 Å². The maximum atomic E-state index is 12.3. The number of hydrogen-bond acceptors (Lipinski definition) is 6. The quantitative estimate of drug-likeness (QED) is 0.770. The topological polar surface area (TPSA) is 68.5 Å². The Morgan fingerprint density at radius 1 is 1.39 bits per heavy atom. The zero-order valence-corrected chi connectivity index (χ0v) is 13.9. The summed E-state index contributed by atoms with van der Waals surface area (Å²) in [6, 6.07) is 7.61. The average Bonchev–Trinajstić information content (AvgIpc) is 3.11. The predicted molar refractivity (Wildman–Crippen MR) is 86.4 cm³/mol. The van der Waals surface area contributed by atoms with Gasteiger partial charge in [0.15, 0.2) is 0 Å². The van der Waals surface area contributed by atoms with Gasteiger partial charge >= 0.3 is 0 Å². The summed E-state index contributed by atoms with van der Waals surface area (Å²) in [5.74, 6) is 1.33. The van der Waals surface area contributed by atoms with Crippen molar-refractivity contribution in [1.29, 1.82) is 0 Å². The lowest BCUT2D eigenvalue weighted by molar-refractivity contribution is -0.138. The molecule has 8 heteroatoms. The fourth-order valence-corrected chi connectivity index (χ4v) is 3.26. The minimum atomic E-state index is -0.310. The lowest BCUT2D eigenvalue weighted by Crippen LogP contribution is -2.42. The van der Waals surface area contributed by atoms with Crippen molar-refractivity contribution >= 4 is 29.3 Å². The van der Waals surface area contributed by atoms with Gasteiger partial charge in [-0.25, -0.2) is 0 Å². The fraction of sp³-hybridized carbons (Fsp3) is 0.400. The third kappa shape index (κ3) is 4.46. The first kappa shape index (κ1) is 16.3. The molecule has 1 aliphatic rings. The maximum Gasteiger partial charge on any atom is 0.223 e. The first-order valence-corrected chi connectivity index (χ1v) is 8.63. The number of thioether (sulfide) groups is 1. The summed E-state index contributed by atoms with van der Waals surface area (Å²) >= 11 is 7.50. The highest BCUT2D eigenvalue weighted by molar-refractivity contribution is 7.99. The third-order valence-electron chi connectivity index (χ3n) is 3.48. The number of halogens is 1. The van der Waals surface area contributed by atoms with Crippen molar-refractivity contribution in [3.05, 3.63) is 41.5 Å². The summed E-state index contributed by atoms with van der Waals surface area (Å²) < 4.78 is 10.3. The molecule has 1 atom stereocenters. The first-order valence-electron chi connectivity index (χ1n) is 7.26. The van der Waals surface area contributed by atoms with E-state index in [1.54, 1.807) is 16.7 Å². The molecule has 1 aromatic heterocycles. The van der Waals surface area contributed by atoms with Gasteiger partial charge in [-0.2, -0.15) is 4.98 Å². The van der Waals surface area contributed by atoms with Crippen LogP contribution in [0.15, 0.2) is 40.1 Å². The Morgan fingerprint density at radius 2 is 2.22 bits per heavy atom. The molecule has 0 spiro atoms. The van der Waals surface area contributed by atoms with E-state index < -0.39 is 0 Å². The molecule has 0 radical (unpaired) electrons. The van der Waals surface area contributed by atoms with Crippen LogP contribution in [0.1, 0.15) is 18.3 Å². The number of aromatic nitrogens is 2. The molecule has 6 nitrogen and oxygen atoms in total. The first-order chi connectivity index (χ1) is 11.2. The van der Waals surface area contributed by atoms with Gasteiger partial charge in [-0.3, -0.25) is 4.79 Å².